The van der Waals surface area contributed by atoms with Crippen LogP contribution in [0, 0.1) is 12.7 Å². The van der Waals surface area contributed by atoms with Gasteiger partial charge in [-0.3, -0.25) is 0 Å². The maximum atomic E-state index is 13.6. The van der Waals surface area contributed by atoms with Crippen molar-refractivity contribution < 1.29 is 9.13 Å². The van der Waals surface area contributed by atoms with Crippen LogP contribution in [-0.4, -0.2) is 16.6 Å². The minimum absolute atomic E-state index is 0.0229. The zero-order valence-corrected chi connectivity index (χ0v) is 13.2. The van der Waals surface area contributed by atoms with Gasteiger partial charge in [-0.2, -0.15) is 0 Å². The molecule has 0 radical (unpaired) electrons. The lowest BCUT2D eigenvalue weighted by Crippen LogP contribution is -2.23. The van der Waals surface area contributed by atoms with Crippen LogP contribution in [-0.2, 0) is 12.8 Å². The van der Waals surface area contributed by atoms with Gasteiger partial charge in [-0.25, -0.2) is 14.4 Å². The average molecular weight is 313 g/mol. The van der Waals surface area contributed by atoms with Crippen LogP contribution < -0.4 is 10.1 Å². The van der Waals surface area contributed by atoms with E-state index in [0.29, 0.717) is 6.61 Å². The molecule has 1 N–H and O–H groups in total. The first-order valence-electron chi connectivity index (χ1n) is 8.26. The molecular formula is C18H20FN3O. The molecule has 1 atom stereocenters. The Kier molecular flexibility index (Phi) is 3.63. The molecule has 5 heteroatoms. The van der Waals surface area contributed by atoms with Gasteiger partial charge in [0.25, 0.3) is 0 Å². The van der Waals surface area contributed by atoms with E-state index in [-0.39, 0.29) is 11.9 Å². The summed E-state index contributed by atoms with van der Waals surface area (Å²) in [6.45, 7) is 2.56. The normalized spacial score (nSPS) is 19.5. The van der Waals surface area contributed by atoms with Crippen LogP contribution in [0.5, 0.6) is 5.75 Å². The number of aryl methyl sites for hydroxylation is 2. The van der Waals surface area contributed by atoms with E-state index >= 15 is 0 Å². The van der Waals surface area contributed by atoms with Crippen LogP contribution in [0.1, 0.15) is 47.9 Å². The molecule has 0 saturated heterocycles. The Morgan fingerprint density at radius 3 is 3.00 bits per heavy atom. The summed E-state index contributed by atoms with van der Waals surface area (Å²) < 4.78 is 19.3. The van der Waals surface area contributed by atoms with Crippen molar-refractivity contribution in [3.05, 3.63) is 46.7 Å². The van der Waals surface area contributed by atoms with Crippen LogP contribution >= 0.6 is 0 Å². The number of halogens is 1. The molecular weight excluding hydrogens is 293 g/mol. The lowest BCUT2D eigenvalue weighted by Gasteiger charge is -2.29. The summed E-state index contributed by atoms with van der Waals surface area (Å²) in [7, 11) is 0. The van der Waals surface area contributed by atoms with Crippen molar-refractivity contribution in [2.24, 2.45) is 0 Å². The molecule has 2 aromatic rings. The molecule has 2 heterocycles. The molecule has 0 spiro atoms. The van der Waals surface area contributed by atoms with Gasteiger partial charge in [0.15, 0.2) is 0 Å². The third-order valence-corrected chi connectivity index (χ3v) is 4.62. The summed E-state index contributed by atoms with van der Waals surface area (Å²) in [5, 5.41) is 3.54. The number of ether oxygens (including phenoxy) is 1. The number of anilines is 1. The van der Waals surface area contributed by atoms with Crippen molar-refractivity contribution in [2.45, 2.75) is 45.1 Å². The highest BCUT2D eigenvalue weighted by Gasteiger charge is 2.25. The Labute approximate surface area is 135 Å². The first-order valence-corrected chi connectivity index (χ1v) is 8.26. The van der Waals surface area contributed by atoms with E-state index in [4.69, 9.17) is 4.74 Å². The number of rotatable bonds is 2. The topological polar surface area (TPSA) is 47.0 Å². The number of benzene rings is 1. The van der Waals surface area contributed by atoms with E-state index in [2.05, 4.69) is 15.3 Å². The minimum atomic E-state index is -0.234. The zero-order chi connectivity index (χ0) is 15.8. The van der Waals surface area contributed by atoms with E-state index in [1.807, 2.05) is 6.92 Å². The second-order valence-electron chi connectivity index (χ2n) is 6.27. The molecule has 120 valence electrons. The number of aromatic nitrogens is 2. The highest BCUT2D eigenvalue weighted by molar-refractivity contribution is 5.51. The predicted molar refractivity (Wildman–Crippen MR) is 86.3 cm³/mol. The highest BCUT2D eigenvalue weighted by atomic mass is 19.1. The van der Waals surface area contributed by atoms with E-state index in [0.717, 1.165) is 47.9 Å². The standard InChI is InChI=1S/C18H20FN3O/c1-11-20-15-5-3-2-4-13(15)18(21-11)22-16-8-9-23-17-7-6-12(19)10-14(16)17/h6-7,10,16H,2-5,8-9H2,1H3,(H,20,21,22). The smallest absolute Gasteiger partial charge is 0.133 e. The third-order valence-electron chi connectivity index (χ3n) is 4.62. The maximum Gasteiger partial charge on any atom is 0.133 e. The molecule has 0 bridgehead atoms. The lowest BCUT2D eigenvalue weighted by molar-refractivity contribution is 0.273. The van der Waals surface area contributed by atoms with Gasteiger partial charge < -0.3 is 10.1 Å². The second kappa shape index (κ2) is 5.80. The first-order chi connectivity index (χ1) is 11.2. The van der Waals surface area contributed by atoms with Crippen LogP contribution in [0.4, 0.5) is 10.2 Å². The van der Waals surface area contributed by atoms with Crippen LogP contribution in [0.2, 0.25) is 0 Å². The number of hydrogen-bond donors (Lipinski definition) is 1. The second-order valence-corrected chi connectivity index (χ2v) is 6.27. The first kappa shape index (κ1) is 14.4. The van der Waals surface area contributed by atoms with Crippen molar-refractivity contribution in [3.63, 3.8) is 0 Å². The molecule has 1 aliphatic heterocycles. The average Bonchev–Trinajstić information content (AvgIpc) is 2.55. The summed E-state index contributed by atoms with van der Waals surface area (Å²) in [5.41, 5.74) is 3.26. The fourth-order valence-corrected chi connectivity index (χ4v) is 3.52. The quantitative estimate of drug-likeness (QED) is 0.917. The van der Waals surface area contributed by atoms with Crippen molar-refractivity contribution in [3.8, 4) is 5.75 Å². The van der Waals surface area contributed by atoms with Gasteiger partial charge in [0.05, 0.1) is 12.6 Å². The molecule has 1 aromatic heterocycles. The van der Waals surface area contributed by atoms with E-state index in [1.165, 1.54) is 24.5 Å². The molecule has 23 heavy (non-hydrogen) atoms. The minimum Gasteiger partial charge on any atom is -0.493 e. The van der Waals surface area contributed by atoms with Gasteiger partial charge >= 0.3 is 0 Å². The molecule has 0 fully saturated rings. The highest BCUT2D eigenvalue weighted by Crippen LogP contribution is 2.36. The van der Waals surface area contributed by atoms with Gasteiger partial charge in [-0.15, -0.1) is 0 Å². The monoisotopic (exact) mass is 313 g/mol. The Morgan fingerprint density at radius 1 is 1.22 bits per heavy atom. The molecule has 4 nitrogen and oxygen atoms in total. The zero-order valence-electron chi connectivity index (χ0n) is 13.2. The number of nitrogens with one attached hydrogen (secondary N) is 1. The summed E-state index contributed by atoms with van der Waals surface area (Å²) in [5.74, 6) is 2.23. The van der Waals surface area contributed by atoms with Gasteiger partial charge in [0, 0.05) is 23.2 Å². The van der Waals surface area contributed by atoms with E-state index < -0.39 is 0 Å². The summed E-state index contributed by atoms with van der Waals surface area (Å²) in [6, 6.07) is 4.74. The van der Waals surface area contributed by atoms with E-state index in [9.17, 15) is 4.39 Å². The number of nitrogens with zero attached hydrogens (tertiary/aromatic N) is 2. The molecule has 1 unspecified atom stereocenters. The van der Waals surface area contributed by atoms with Gasteiger partial charge in [-0.05, 0) is 50.8 Å². The van der Waals surface area contributed by atoms with Crippen LogP contribution in [0.25, 0.3) is 0 Å². The molecule has 0 saturated carbocycles. The summed E-state index contributed by atoms with van der Waals surface area (Å²) in [6.07, 6.45) is 5.19. The Morgan fingerprint density at radius 2 is 2.09 bits per heavy atom. The van der Waals surface area contributed by atoms with Crippen LogP contribution in [0.15, 0.2) is 18.2 Å². The Hall–Kier alpha value is -2.17. The molecule has 1 aromatic carbocycles. The molecule has 4 rings (SSSR count). The van der Waals surface area contributed by atoms with Crippen molar-refractivity contribution >= 4 is 5.82 Å². The SMILES string of the molecule is Cc1nc2c(c(NC3CCOc4ccc(F)cc43)n1)CCCC2. The molecule has 2 aliphatic rings. The van der Waals surface area contributed by atoms with Crippen molar-refractivity contribution in [2.75, 3.05) is 11.9 Å². The van der Waals surface area contributed by atoms with Gasteiger partial charge in [-0.1, -0.05) is 0 Å². The van der Waals surface area contributed by atoms with Crippen molar-refractivity contribution in [1.82, 2.24) is 9.97 Å². The van der Waals surface area contributed by atoms with Gasteiger partial charge in [0.2, 0.25) is 0 Å². The predicted octanol–water partition coefficient (Wildman–Crippen LogP) is 3.74. The fourth-order valence-electron chi connectivity index (χ4n) is 3.52. The number of hydrogen-bond acceptors (Lipinski definition) is 4. The van der Waals surface area contributed by atoms with Crippen LogP contribution in [0.3, 0.4) is 0 Å². The molecule has 0 amide bonds. The van der Waals surface area contributed by atoms with Gasteiger partial charge in [0.1, 0.15) is 23.2 Å². The van der Waals surface area contributed by atoms with E-state index in [1.54, 1.807) is 12.1 Å². The Bertz CT molecular complexity index is 747. The molecule has 1 aliphatic carbocycles. The number of fused-ring (bicyclic) bond motifs is 2. The maximum absolute atomic E-state index is 13.6. The third kappa shape index (κ3) is 2.76. The fraction of sp³-hybridized carbons (Fsp3) is 0.444. The van der Waals surface area contributed by atoms with Crippen molar-refractivity contribution in [1.29, 1.82) is 0 Å². The largest absolute Gasteiger partial charge is 0.493 e. The Balaban J connectivity index is 1.70. The summed E-state index contributed by atoms with van der Waals surface area (Å²) in [4.78, 5) is 9.21. The lowest BCUT2D eigenvalue weighted by atomic mass is 9.95. The summed E-state index contributed by atoms with van der Waals surface area (Å²) >= 11 is 0.